The highest BCUT2D eigenvalue weighted by Gasteiger charge is 2.56. The zero-order valence-electron chi connectivity index (χ0n) is 16.0. The number of benzene rings is 1. The number of rotatable bonds is 5. The van der Waals surface area contributed by atoms with Crippen LogP contribution in [0.5, 0.6) is 0 Å². The van der Waals surface area contributed by atoms with Crippen molar-refractivity contribution in [2.75, 3.05) is 19.6 Å². The minimum absolute atomic E-state index is 0.433. The minimum Gasteiger partial charge on any atom is -0.297 e. The van der Waals surface area contributed by atoms with Gasteiger partial charge in [-0.3, -0.25) is 9.88 Å². The molecule has 4 rings (SSSR count). The van der Waals surface area contributed by atoms with Crippen molar-refractivity contribution in [3.63, 3.8) is 0 Å². The Morgan fingerprint density at radius 3 is 2.63 bits per heavy atom. The van der Waals surface area contributed by atoms with Crippen molar-refractivity contribution < 1.29 is 8.42 Å². The SMILES string of the molecule is CC(C)CCN1[C@@]2(CCN(Cc3ccncc3)C2)c2ccccc2S1(=O)=O. The second-order valence-electron chi connectivity index (χ2n) is 8.10. The lowest BCUT2D eigenvalue weighted by Crippen LogP contribution is -2.46. The molecule has 2 aromatic rings. The number of aromatic nitrogens is 1. The molecule has 27 heavy (non-hydrogen) atoms. The Hall–Kier alpha value is -1.76. The quantitative estimate of drug-likeness (QED) is 0.793. The van der Waals surface area contributed by atoms with E-state index in [2.05, 4.69) is 23.7 Å². The zero-order chi connectivity index (χ0) is 19.1. The van der Waals surface area contributed by atoms with Crippen LogP contribution in [0.1, 0.15) is 37.8 Å². The molecule has 0 saturated carbocycles. The lowest BCUT2D eigenvalue weighted by atomic mass is 9.88. The Morgan fingerprint density at radius 2 is 1.89 bits per heavy atom. The van der Waals surface area contributed by atoms with Crippen molar-refractivity contribution >= 4 is 10.0 Å². The first-order valence-electron chi connectivity index (χ1n) is 9.67. The molecule has 5 nitrogen and oxygen atoms in total. The number of fused-ring (bicyclic) bond motifs is 2. The second kappa shape index (κ2) is 7.00. The predicted molar refractivity (Wildman–Crippen MR) is 106 cm³/mol. The van der Waals surface area contributed by atoms with Gasteiger partial charge in [-0.15, -0.1) is 0 Å². The molecule has 0 N–H and O–H groups in total. The highest BCUT2D eigenvalue weighted by atomic mass is 32.2. The molecule has 0 amide bonds. The Kier molecular flexibility index (Phi) is 4.82. The molecule has 144 valence electrons. The first kappa shape index (κ1) is 18.6. The summed E-state index contributed by atoms with van der Waals surface area (Å²) in [5.41, 5.74) is 1.76. The van der Waals surface area contributed by atoms with Gasteiger partial charge in [0.05, 0.1) is 10.4 Å². The van der Waals surface area contributed by atoms with E-state index in [0.717, 1.165) is 38.0 Å². The lowest BCUT2D eigenvalue weighted by molar-refractivity contribution is 0.184. The molecular formula is C21H27N3O2S. The number of nitrogens with zero attached hydrogens (tertiary/aromatic N) is 3. The molecule has 0 aliphatic carbocycles. The van der Waals surface area contributed by atoms with E-state index in [0.29, 0.717) is 17.4 Å². The summed E-state index contributed by atoms with van der Waals surface area (Å²) in [4.78, 5) is 6.96. The van der Waals surface area contributed by atoms with E-state index < -0.39 is 15.6 Å². The van der Waals surface area contributed by atoms with E-state index >= 15 is 0 Å². The summed E-state index contributed by atoms with van der Waals surface area (Å²) >= 11 is 0. The Labute approximate surface area is 162 Å². The van der Waals surface area contributed by atoms with Gasteiger partial charge in [0.1, 0.15) is 0 Å². The first-order chi connectivity index (χ1) is 12.9. The molecule has 3 heterocycles. The Balaban J connectivity index is 1.68. The van der Waals surface area contributed by atoms with Crippen molar-refractivity contribution in [1.29, 1.82) is 0 Å². The van der Waals surface area contributed by atoms with Crippen LogP contribution in [0.2, 0.25) is 0 Å². The summed E-state index contributed by atoms with van der Waals surface area (Å²) in [5, 5.41) is 0. The number of hydrogen-bond donors (Lipinski definition) is 0. The van der Waals surface area contributed by atoms with Gasteiger partial charge in [0.25, 0.3) is 0 Å². The second-order valence-corrected chi connectivity index (χ2v) is 9.93. The number of hydrogen-bond acceptors (Lipinski definition) is 4. The number of sulfonamides is 1. The molecule has 0 unspecified atom stereocenters. The van der Waals surface area contributed by atoms with Crippen LogP contribution in [0.4, 0.5) is 0 Å². The summed E-state index contributed by atoms with van der Waals surface area (Å²) in [5.74, 6) is 0.468. The molecule has 0 radical (unpaired) electrons. The summed E-state index contributed by atoms with van der Waals surface area (Å²) in [7, 11) is -3.43. The molecule has 6 heteroatoms. The fourth-order valence-corrected chi connectivity index (χ4v) is 6.52. The molecule has 2 aliphatic heterocycles. The van der Waals surface area contributed by atoms with Crippen LogP contribution in [0.3, 0.4) is 0 Å². The Bertz CT molecular complexity index is 914. The third kappa shape index (κ3) is 3.20. The normalized spacial score (nSPS) is 24.7. The summed E-state index contributed by atoms with van der Waals surface area (Å²) in [6.45, 7) is 7.33. The maximum absolute atomic E-state index is 13.3. The maximum atomic E-state index is 13.3. The average Bonchev–Trinajstić information content (AvgIpc) is 3.13. The minimum atomic E-state index is -3.43. The molecule has 1 atom stereocenters. The van der Waals surface area contributed by atoms with Crippen LogP contribution in [-0.4, -0.2) is 42.2 Å². The van der Waals surface area contributed by atoms with Crippen LogP contribution in [0, 0.1) is 5.92 Å². The summed E-state index contributed by atoms with van der Waals surface area (Å²) in [6.07, 6.45) is 5.34. The highest BCUT2D eigenvalue weighted by molar-refractivity contribution is 7.89. The standard InChI is InChI=1S/C21H27N3O2S/c1-17(2)9-13-24-21(19-5-3-4-6-20(19)27(24,25)26)10-14-23(16-21)15-18-7-11-22-12-8-18/h3-8,11-12,17H,9-10,13-16H2,1-2H3/t21-/m1/s1. The fraction of sp³-hybridized carbons (Fsp3) is 0.476. The molecular weight excluding hydrogens is 358 g/mol. The van der Waals surface area contributed by atoms with Crippen molar-refractivity contribution in [3.05, 3.63) is 59.9 Å². The predicted octanol–water partition coefficient (Wildman–Crippen LogP) is 3.23. The monoisotopic (exact) mass is 385 g/mol. The van der Waals surface area contributed by atoms with Gasteiger partial charge < -0.3 is 0 Å². The molecule has 1 saturated heterocycles. The number of likely N-dealkylation sites (tertiary alicyclic amines) is 1. The van der Waals surface area contributed by atoms with E-state index in [1.165, 1.54) is 5.56 Å². The number of pyridine rings is 1. The summed E-state index contributed by atoms with van der Waals surface area (Å²) < 4.78 is 28.4. The third-order valence-corrected chi connectivity index (χ3v) is 7.85. The largest absolute Gasteiger partial charge is 0.297 e. The van der Waals surface area contributed by atoms with Gasteiger partial charge in [0.2, 0.25) is 10.0 Å². The van der Waals surface area contributed by atoms with E-state index in [9.17, 15) is 8.42 Å². The van der Waals surface area contributed by atoms with Gasteiger partial charge in [-0.05, 0) is 48.1 Å². The average molecular weight is 386 g/mol. The lowest BCUT2D eigenvalue weighted by Gasteiger charge is -2.34. The molecule has 1 aromatic heterocycles. The molecule has 0 bridgehead atoms. The van der Waals surface area contributed by atoms with Crippen molar-refractivity contribution in [2.45, 2.75) is 43.7 Å². The van der Waals surface area contributed by atoms with Gasteiger partial charge >= 0.3 is 0 Å². The maximum Gasteiger partial charge on any atom is 0.244 e. The molecule has 1 aromatic carbocycles. The van der Waals surface area contributed by atoms with Gasteiger partial charge in [-0.25, -0.2) is 8.42 Å². The van der Waals surface area contributed by atoms with Crippen molar-refractivity contribution in [1.82, 2.24) is 14.2 Å². The Morgan fingerprint density at radius 1 is 1.15 bits per heavy atom. The van der Waals surface area contributed by atoms with Crippen LogP contribution in [0.15, 0.2) is 53.7 Å². The topological polar surface area (TPSA) is 53.5 Å². The summed E-state index contributed by atoms with van der Waals surface area (Å²) in [6, 6.07) is 11.6. The van der Waals surface area contributed by atoms with Crippen molar-refractivity contribution in [2.24, 2.45) is 5.92 Å². The third-order valence-electron chi connectivity index (χ3n) is 5.83. The van der Waals surface area contributed by atoms with E-state index in [1.54, 1.807) is 10.4 Å². The van der Waals surface area contributed by atoms with Crippen LogP contribution >= 0.6 is 0 Å². The van der Waals surface area contributed by atoms with Gasteiger partial charge in [0, 0.05) is 38.6 Å². The van der Waals surface area contributed by atoms with Crippen LogP contribution in [0.25, 0.3) is 0 Å². The fourth-order valence-electron chi connectivity index (χ4n) is 4.44. The van der Waals surface area contributed by atoms with Crippen molar-refractivity contribution in [3.8, 4) is 0 Å². The van der Waals surface area contributed by atoms with Crippen LogP contribution < -0.4 is 0 Å². The van der Waals surface area contributed by atoms with E-state index in [4.69, 9.17) is 0 Å². The molecule has 1 spiro atoms. The van der Waals surface area contributed by atoms with E-state index in [1.807, 2.05) is 42.7 Å². The highest BCUT2D eigenvalue weighted by Crippen LogP contribution is 2.49. The molecule has 2 aliphatic rings. The van der Waals surface area contributed by atoms with Crippen LogP contribution in [-0.2, 0) is 22.1 Å². The smallest absolute Gasteiger partial charge is 0.244 e. The molecule has 1 fully saturated rings. The van der Waals surface area contributed by atoms with Gasteiger partial charge in [0.15, 0.2) is 0 Å². The first-order valence-corrected chi connectivity index (χ1v) is 11.1. The van der Waals surface area contributed by atoms with Gasteiger partial charge in [-0.2, -0.15) is 4.31 Å². The van der Waals surface area contributed by atoms with Gasteiger partial charge in [-0.1, -0.05) is 32.0 Å². The van der Waals surface area contributed by atoms with E-state index in [-0.39, 0.29) is 0 Å². The zero-order valence-corrected chi connectivity index (χ0v) is 16.8.